The van der Waals surface area contributed by atoms with Crippen LogP contribution in [-0.2, 0) is 6.54 Å². The lowest BCUT2D eigenvalue weighted by Gasteiger charge is -2.13. The van der Waals surface area contributed by atoms with Crippen molar-refractivity contribution >= 4 is 17.3 Å². The zero-order valence-electron chi connectivity index (χ0n) is 10.2. The average Bonchev–Trinajstić information content (AvgIpc) is 2.87. The molecule has 1 saturated carbocycles. The molecule has 18 heavy (non-hydrogen) atoms. The Labute approximate surface area is 111 Å². The van der Waals surface area contributed by atoms with Gasteiger partial charge in [0.1, 0.15) is 5.02 Å². The van der Waals surface area contributed by atoms with Gasteiger partial charge >= 0.3 is 0 Å². The summed E-state index contributed by atoms with van der Waals surface area (Å²) in [5.41, 5.74) is 0.227. The molecule has 0 aromatic carbocycles. The molecule has 1 aliphatic carbocycles. The van der Waals surface area contributed by atoms with Crippen LogP contribution in [0.15, 0.2) is 11.0 Å². The van der Waals surface area contributed by atoms with E-state index in [0.717, 1.165) is 6.54 Å². The van der Waals surface area contributed by atoms with Crippen molar-refractivity contribution in [2.75, 3.05) is 18.5 Å². The second kappa shape index (κ2) is 6.20. The molecule has 5 nitrogen and oxygen atoms in total. The van der Waals surface area contributed by atoms with Crippen LogP contribution in [0.3, 0.4) is 0 Å². The van der Waals surface area contributed by atoms with Gasteiger partial charge in [0.05, 0.1) is 25.0 Å². The zero-order chi connectivity index (χ0) is 13.0. The van der Waals surface area contributed by atoms with Crippen LogP contribution in [-0.4, -0.2) is 28.0 Å². The van der Waals surface area contributed by atoms with E-state index in [-0.39, 0.29) is 23.7 Å². The summed E-state index contributed by atoms with van der Waals surface area (Å²) in [4.78, 5) is 11.8. The molecule has 0 spiro atoms. The first kappa shape index (κ1) is 13.4. The summed E-state index contributed by atoms with van der Waals surface area (Å²) in [5.74, 6) is 0.668. The Morgan fingerprint density at radius 3 is 2.89 bits per heavy atom. The standard InChI is InChI=1S/C12H18ClN3O2/c13-11-10(14-7-9-3-1-2-4-9)8-15-16(5-6-17)12(11)18/h8-9,14,17H,1-7H2. The van der Waals surface area contributed by atoms with Crippen LogP contribution >= 0.6 is 11.6 Å². The molecule has 1 heterocycles. The van der Waals surface area contributed by atoms with Crippen LogP contribution in [0.25, 0.3) is 0 Å². The van der Waals surface area contributed by atoms with Crippen molar-refractivity contribution in [3.8, 4) is 0 Å². The second-order valence-electron chi connectivity index (χ2n) is 4.66. The van der Waals surface area contributed by atoms with E-state index in [1.165, 1.54) is 30.4 Å². The summed E-state index contributed by atoms with van der Waals surface area (Å²) < 4.78 is 1.17. The third-order valence-electron chi connectivity index (χ3n) is 3.35. The fraction of sp³-hybridized carbons (Fsp3) is 0.667. The van der Waals surface area contributed by atoms with Crippen LogP contribution in [0.1, 0.15) is 25.7 Å². The Balaban J connectivity index is 2.04. The first-order valence-electron chi connectivity index (χ1n) is 6.32. The third kappa shape index (κ3) is 3.03. The topological polar surface area (TPSA) is 67.2 Å². The highest BCUT2D eigenvalue weighted by molar-refractivity contribution is 6.32. The number of nitrogens with one attached hydrogen (secondary N) is 1. The minimum Gasteiger partial charge on any atom is -0.394 e. The number of anilines is 1. The van der Waals surface area contributed by atoms with Gasteiger partial charge in [-0.2, -0.15) is 5.10 Å². The molecule has 0 saturated heterocycles. The molecule has 0 bridgehead atoms. The van der Waals surface area contributed by atoms with E-state index in [9.17, 15) is 4.79 Å². The van der Waals surface area contributed by atoms with Gasteiger partial charge in [-0.05, 0) is 18.8 Å². The van der Waals surface area contributed by atoms with Gasteiger partial charge in [0.15, 0.2) is 0 Å². The van der Waals surface area contributed by atoms with Gasteiger partial charge in [-0.3, -0.25) is 4.79 Å². The molecule has 1 aromatic rings. The largest absolute Gasteiger partial charge is 0.394 e. The maximum atomic E-state index is 11.8. The minimum atomic E-state index is -0.359. The molecule has 6 heteroatoms. The number of aromatic nitrogens is 2. The molecule has 0 atom stereocenters. The number of aliphatic hydroxyl groups is 1. The Hall–Kier alpha value is -1.07. The van der Waals surface area contributed by atoms with Crippen molar-refractivity contribution in [1.82, 2.24) is 9.78 Å². The maximum Gasteiger partial charge on any atom is 0.287 e. The molecule has 1 aromatic heterocycles. The van der Waals surface area contributed by atoms with Crippen LogP contribution in [0.4, 0.5) is 5.69 Å². The molecule has 0 radical (unpaired) electrons. The molecule has 1 aliphatic rings. The SMILES string of the molecule is O=c1c(Cl)c(NCC2CCCC2)cnn1CCO. The van der Waals surface area contributed by atoms with E-state index < -0.39 is 0 Å². The Kier molecular flexibility index (Phi) is 4.60. The van der Waals surface area contributed by atoms with Crippen molar-refractivity contribution < 1.29 is 5.11 Å². The van der Waals surface area contributed by atoms with E-state index in [2.05, 4.69) is 10.4 Å². The Morgan fingerprint density at radius 1 is 1.50 bits per heavy atom. The smallest absolute Gasteiger partial charge is 0.287 e. The minimum absolute atomic E-state index is 0.127. The molecule has 1 fully saturated rings. The van der Waals surface area contributed by atoms with Crippen LogP contribution < -0.4 is 10.9 Å². The number of rotatable bonds is 5. The van der Waals surface area contributed by atoms with E-state index >= 15 is 0 Å². The quantitative estimate of drug-likeness (QED) is 0.852. The predicted octanol–water partition coefficient (Wildman–Crippen LogP) is 1.49. The average molecular weight is 272 g/mol. The van der Waals surface area contributed by atoms with Gasteiger partial charge in [0.2, 0.25) is 0 Å². The number of hydrogen-bond donors (Lipinski definition) is 2. The summed E-state index contributed by atoms with van der Waals surface area (Å²) in [6.45, 7) is 0.879. The molecule has 0 aliphatic heterocycles. The molecular formula is C12H18ClN3O2. The number of nitrogens with zero attached hydrogens (tertiary/aromatic N) is 2. The summed E-state index contributed by atoms with van der Waals surface area (Å²) in [6.07, 6.45) is 6.60. The fourth-order valence-electron chi connectivity index (χ4n) is 2.31. The lowest BCUT2D eigenvalue weighted by atomic mass is 10.1. The van der Waals surface area contributed by atoms with Crippen LogP contribution in [0, 0.1) is 5.92 Å². The zero-order valence-corrected chi connectivity index (χ0v) is 11.0. The number of aliphatic hydroxyl groups excluding tert-OH is 1. The third-order valence-corrected chi connectivity index (χ3v) is 3.72. The van der Waals surface area contributed by atoms with Crippen molar-refractivity contribution in [2.24, 2.45) is 5.92 Å². The Bertz CT molecular complexity index is 455. The first-order valence-corrected chi connectivity index (χ1v) is 6.70. The van der Waals surface area contributed by atoms with E-state index in [1.54, 1.807) is 6.20 Å². The van der Waals surface area contributed by atoms with Gasteiger partial charge in [-0.25, -0.2) is 4.68 Å². The monoisotopic (exact) mass is 271 g/mol. The van der Waals surface area contributed by atoms with Gasteiger partial charge < -0.3 is 10.4 Å². The van der Waals surface area contributed by atoms with Gasteiger partial charge in [-0.1, -0.05) is 24.4 Å². The summed E-state index contributed by atoms with van der Waals surface area (Å²) in [6, 6.07) is 0. The highest BCUT2D eigenvalue weighted by Crippen LogP contribution is 2.25. The fourth-order valence-corrected chi connectivity index (χ4v) is 2.52. The highest BCUT2D eigenvalue weighted by Gasteiger charge is 2.16. The summed E-state index contributed by atoms with van der Waals surface area (Å²) in [5, 5.41) is 16.1. The second-order valence-corrected chi connectivity index (χ2v) is 5.03. The normalized spacial score (nSPS) is 16.1. The van der Waals surface area contributed by atoms with E-state index in [4.69, 9.17) is 16.7 Å². The summed E-state index contributed by atoms with van der Waals surface area (Å²) >= 11 is 6.00. The van der Waals surface area contributed by atoms with Gasteiger partial charge in [0.25, 0.3) is 5.56 Å². The molecule has 0 amide bonds. The van der Waals surface area contributed by atoms with E-state index in [1.807, 2.05) is 0 Å². The Morgan fingerprint density at radius 2 is 2.22 bits per heavy atom. The van der Waals surface area contributed by atoms with Crippen molar-refractivity contribution in [1.29, 1.82) is 0 Å². The summed E-state index contributed by atoms with van der Waals surface area (Å²) in [7, 11) is 0. The van der Waals surface area contributed by atoms with Crippen molar-refractivity contribution in [3.05, 3.63) is 21.6 Å². The van der Waals surface area contributed by atoms with Crippen molar-refractivity contribution in [3.63, 3.8) is 0 Å². The maximum absolute atomic E-state index is 11.8. The van der Waals surface area contributed by atoms with Crippen LogP contribution in [0.5, 0.6) is 0 Å². The number of hydrogen-bond acceptors (Lipinski definition) is 4. The lowest BCUT2D eigenvalue weighted by molar-refractivity contribution is 0.266. The van der Waals surface area contributed by atoms with Gasteiger partial charge in [-0.15, -0.1) is 0 Å². The molecule has 2 N–H and O–H groups in total. The molecule has 0 unspecified atom stereocenters. The molecular weight excluding hydrogens is 254 g/mol. The number of halogens is 1. The lowest BCUT2D eigenvalue weighted by Crippen LogP contribution is -2.26. The first-order chi connectivity index (χ1) is 8.72. The van der Waals surface area contributed by atoms with E-state index in [0.29, 0.717) is 11.6 Å². The van der Waals surface area contributed by atoms with Crippen molar-refractivity contribution in [2.45, 2.75) is 32.2 Å². The highest BCUT2D eigenvalue weighted by atomic mass is 35.5. The predicted molar refractivity (Wildman–Crippen MR) is 71.0 cm³/mol. The van der Waals surface area contributed by atoms with Gasteiger partial charge in [0, 0.05) is 6.54 Å². The van der Waals surface area contributed by atoms with Crippen LogP contribution in [0.2, 0.25) is 5.02 Å². The molecule has 2 rings (SSSR count). The molecule has 100 valence electrons.